The van der Waals surface area contributed by atoms with E-state index in [0.717, 1.165) is 85.7 Å². The number of imide groups is 2. The van der Waals surface area contributed by atoms with Crippen molar-refractivity contribution in [2.24, 2.45) is 11.8 Å². The summed E-state index contributed by atoms with van der Waals surface area (Å²) in [5, 5.41) is 20.1. The summed E-state index contributed by atoms with van der Waals surface area (Å²) >= 11 is 0. The molecule has 7 aromatic rings. The Bertz CT molecular complexity index is 3650. The average Bonchev–Trinajstić information content (AvgIpc) is 0.805. The molecule has 6 atom stereocenters. The van der Waals surface area contributed by atoms with Crippen LogP contribution in [0, 0.1) is 18.8 Å². The van der Waals surface area contributed by atoms with E-state index < -0.39 is 71.4 Å². The number of aromatic nitrogens is 2. The van der Waals surface area contributed by atoms with Crippen LogP contribution in [0.1, 0.15) is 91.8 Å². The van der Waals surface area contributed by atoms with Gasteiger partial charge >= 0.3 is 30.1 Å². The molecule has 5 aromatic carbocycles. The fourth-order valence-electron chi connectivity index (χ4n) is 12.2. The number of aryl methyl sites for hydroxylation is 1. The molecule has 4 fully saturated rings. The highest BCUT2D eigenvalue weighted by Gasteiger charge is 2.57. The second-order valence-corrected chi connectivity index (χ2v) is 24.0. The summed E-state index contributed by atoms with van der Waals surface area (Å²) < 4.78 is 10.9. The smallest absolute Gasteiger partial charge is 0.416 e. The second kappa shape index (κ2) is 26.9. The molecule has 18 nitrogen and oxygen atoms in total. The number of methoxy groups -OCH3 is 1. The molecule has 0 spiro atoms. The van der Waals surface area contributed by atoms with Gasteiger partial charge in [0, 0.05) is 56.1 Å². The van der Waals surface area contributed by atoms with Crippen molar-refractivity contribution < 1.29 is 53.2 Å². The molecule has 88 heavy (non-hydrogen) atoms. The SMILES string of the molecule is COc1ccc(CN(C(=O)OC(C)(C)C)c2cc(C[C@H]3C(=O)N(C(=O)N4CCCC(c5ccc(-c6ccccc6)cc5)C4)[C@@H]3C(=O)O)ccn2)cc1.Cc1cc(C[C@H]2C(=O)N(C(=O)N3CCCC(c4ccc(-c5ccccc5)cc4)C3)[C@@H]2C(=O)O)ccn1. The Balaban J connectivity index is 0.000000207. The van der Waals surface area contributed by atoms with Crippen molar-refractivity contribution in [3.8, 4) is 28.0 Å². The number of aliphatic carboxylic acids is 2. The standard InChI is InChI=1S/C41H44N4O7.C29H29N3O4/c1-41(2,3)52-40(50)44(25-27-12-18-33(51-4)19-13-27)35-24-28(20-21-42-35)23-34-36(38(47)48)45(37(34)46)39(49)43-22-8-11-32(26-43)31-16-14-30(15-17-31)29-9-6-5-7-10-29;1-19-16-20(13-14-30-19)17-25-26(28(34)35)32(27(25)33)29(36)31-15-5-8-24(18-31)23-11-9-22(10-12-23)21-6-3-2-4-7-21/h5-7,9-10,12-21,24,32,34,36H,8,11,22-23,25-26H2,1-4H3,(H,47,48);2-4,6-7,9-14,16,24-26H,5,8,15,17-18H2,1H3,(H,34,35)/t32?,34-,36+;24?,25-,26+/m11/s1. The predicted molar refractivity (Wildman–Crippen MR) is 331 cm³/mol. The van der Waals surface area contributed by atoms with Crippen LogP contribution in [0.3, 0.4) is 0 Å². The molecule has 0 radical (unpaired) electrons. The number of nitrogens with zero attached hydrogens (tertiary/aromatic N) is 7. The number of benzene rings is 5. The van der Waals surface area contributed by atoms with Gasteiger partial charge < -0.3 is 29.5 Å². The number of likely N-dealkylation sites (tertiary alicyclic amines) is 4. The van der Waals surface area contributed by atoms with Crippen LogP contribution in [-0.2, 0) is 43.3 Å². The Morgan fingerprint density at radius 1 is 0.568 bits per heavy atom. The van der Waals surface area contributed by atoms with E-state index in [9.17, 15) is 43.8 Å². The molecule has 454 valence electrons. The molecule has 0 saturated carbocycles. The molecule has 4 aliphatic heterocycles. The number of piperidine rings is 2. The predicted octanol–water partition coefficient (Wildman–Crippen LogP) is 11.7. The van der Waals surface area contributed by atoms with Crippen molar-refractivity contribution in [2.75, 3.05) is 38.2 Å². The van der Waals surface area contributed by atoms with Crippen LogP contribution in [-0.4, -0.2) is 133 Å². The molecule has 2 unspecified atom stereocenters. The molecule has 4 aliphatic rings. The van der Waals surface area contributed by atoms with E-state index in [0.29, 0.717) is 37.5 Å². The van der Waals surface area contributed by atoms with Crippen LogP contribution in [0.4, 0.5) is 20.2 Å². The number of rotatable bonds is 14. The molecule has 4 saturated heterocycles. The van der Waals surface area contributed by atoms with E-state index in [1.54, 1.807) is 74.2 Å². The quantitative estimate of drug-likeness (QED) is 0.0969. The number of β-lactam (4-membered cyclic amide) rings is 2. The minimum atomic E-state index is -1.32. The van der Waals surface area contributed by atoms with Crippen molar-refractivity contribution in [1.29, 1.82) is 0 Å². The first-order valence-corrected chi connectivity index (χ1v) is 29.8. The first-order chi connectivity index (χ1) is 42.3. The molecule has 0 bridgehead atoms. The lowest BCUT2D eigenvalue weighted by Crippen LogP contribution is -2.69. The number of hydrogen-bond acceptors (Lipinski definition) is 11. The lowest BCUT2D eigenvalue weighted by Gasteiger charge is -2.46. The fraction of sp³-hybridized carbons (Fsp3) is 0.329. The molecule has 18 heteroatoms. The highest BCUT2D eigenvalue weighted by atomic mass is 16.6. The summed E-state index contributed by atoms with van der Waals surface area (Å²) in [5.41, 5.74) is 9.03. The Kier molecular flexibility index (Phi) is 18.8. The Morgan fingerprint density at radius 3 is 1.44 bits per heavy atom. The van der Waals surface area contributed by atoms with E-state index in [4.69, 9.17) is 9.47 Å². The van der Waals surface area contributed by atoms with Crippen LogP contribution in [0.15, 0.2) is 170 Å². The first-order valence-electron chi connectivity index (χ1n) is 29.8. The van der Waals surface area contributed by atoms with Gasteiger partial charge in [-0.1, -0.05) is 121 Å². The third-order valence-corrected chi connectivity index (χ3v) is 16.8. The normalized spacial score (nSPS) is 19.9. The van der Waals surface area contributed by atoms with Gasteiger partial charge in [-0.05, 0) is 153 Å². The highest BCUT2D eigenvalue weighted by Crippen LogP contribution is 2.38. The number of carboxylic acid groups (broad SMARTS) is 2. The average molecular weight is 1190 g/mol. The van der Waals surface area contributed by atoms with Gasteiger partial charge in [0.05, 0.1) is 25.5 Å². The maximum Gasteiger partial charge on any atom is 0.416 e. The van der Waals surface area contributed by atoms with Crippen LogP contribution in [0.2, 0.25) is 0 Å². The van der Waals surface area contributed by atoms with Crippen molar-refractivity contribution in [1.82, 2.24) is 29.6 Å². The zero-order valence-electron chi connectivity index (χ0n) is 50.1. The topological polar surface area (TPSA) is 220 Å². The van der Waals surface area contributed by atoms with Gasteiger partial charge in [0.1, 0.15) is 17.2 Å². The molecule has 7 amide bonds. The Morgan fingerprint density at radius 2 is 1.01 bits per heavy atom. The number of urea groups is 2. The molecule has 6 heterocycles. The molecule has 2 aromatic heterocycles. The number of carbonyl (C=O) groups excluding carboxylic acids is 5. The Labute approximate surface area is 512 Å². The van der Waals surface area contributed by atoms with Crippen LogP contribution in [0.25, 0.3) is 22.3 Å². The van der Waals surface area contributed by atoms with E-state index >= 15 is 0 Å². The number of amides is 7. The van der Waals surface area contributed by atoms with Gasteiger partial charge in [-0.2, -0.15) is 0 Å². The van der Waals surface area contributed by atoms with E-state index in [2.05, 4.69) is 82.8 Å². The summed E-state index contributed by atoms with van der Waals surface area (Å²) in [5.74, 6) is -3.89. The van der Waals surface area contributed by atoms with Gasteiger partial charge in [0.15, 0.2) is 12.1 Å². The van der Waals surface area contributed by atoms with E-state index in [-0.39, 0.29) is 37.0 Å². The number of carbonyl (C=O) groups is 7. The third kappa shape index (κ3) is 14.1. The lowest BCUT2D eigenvalue weighted by atomic mass is 9.82. The van der Waals surface area contributed by atoms with Gasteiger partial charge in [0.2, 0.25) is 11.8 Å². The summed E-state index contributed by atoms with van der Waals surface area (Å²) in [6.07, 6.45) is 6.24. The van der Waals surface area contributed by atoms with Gasteiger partial charge in [0.25, 0.3) is 0 Å². The molecule has 0 aliphatic carbocycles. The zero-order valence-corrected chi connectivity index (χ0v) is 50.1. The molecular weight excluding hydrogens is 1110 g/mol. The molecular formula is C70H73N7O11. The van der Waals surface area contributed by atoms with Crippen LogP contribution >= 0.6 is 0 Å². The van der Waals surface area contributed by atoms with Gasteiger partial charge in [-0.15, -0.1) is 0 Å². The summed E-state index contributed by atoms with van der Waals surface area (Å²) in [7, 11) is 1.57. The van der Waals surface area contributed by atoms with E-state index in [1.165, 1.54) is 11.1 Å². The monoisotopic (exact) mass is 1190 g/mol. The number of ether oxygens (including phenoxy) is 2. The molecule has 11 rings (SSSR count). The summed E-state index contributed by atoms with van der Waals surface area (Å²) in [6, 6.07) is 47.6. The minimum absolute atomic E-state index is 0.0518. The number of carboxylic acids is 2. The highest BCUT2D eigenvalue weighted by molar-refractivity contribution is 6.08. The fourth-order valence-corrected chi connectivity index (χ4v) is 12.2. The maximum absolute atomic E-state index is 13.8. The lowest BCUT2D eigenvalue weighted by molar-refractivity contribution is -0.166. The summed E-state index contributed by atoms with van der Waals surface area (Å²) in [6.45, 7) is 9.13. The largest absolute Gasteiger partial charge is 0.497 e. The first kappa shape index (κ1) is 61.4. The van der Waals surface area contributed by atoms with Crippen molar-refractivity contribution in [3.05, 3.63) is 204 Å². The minimum Gasteiger partial charge on any atom is -0.497 e. The van der Waals surface area contributed by atoms with Gasteiger partial charge in [-0.3, -0.25) is 19.5 Å². The van der Waals surface area contributed by atoms with Crippen molar-refractivity contribution >= 4 is 47.7 Å². The third-order valence-electron chi connectivity index (χ3n) is 16.8. The number of anilines is 1. The molecule has 2 N–H and O–H groups in total. The van der Waals surface area contributed by atoms with Crippen LogP contribution < -0.4 is 9.64 Å². The van der Waals surface area contributed by atoms with Gasteiger partial charge in [-0.25, -0.2) is 38.8 Å². The second-order valence-electron chi connectivity index (χ2n) is 24.0. The number of hydrogen-bond donors (Lipinski definition) is 2. The maximum atomic E-state index is 13.8. The Hall–Kier alpha value is -9.71. The van der Waals surface area contributed by atoms with Crippen LogP contribution in [0.5, 0.6) is 5.75 Å². The van der Waals surface area contributed by atoms with Crippen molar-refractivity contribution in [2.45, 2.75) is 102 Å². The van der Waals surface area contributed by atoms with Crippen molar-refractivity contribution in [3.63, 3.8) is 0 Å². The summed E-state index contributed by atoms with van der Waals surface area (Å²) in [4.78, 5) is 107. The van der Waals surface area contributed by atoms with E-state index in [1.807, 2.05) is 61.5 Å². The number of pyridine rings is 2. The zero-order chi connectivity index (χ0) is 62.2.